The molecule has 0 saturated heterocycles. The molecule has 1 rings (SSSR count). The van der Waals surface area contributed by atoms with Crippen molar-refractivity contribution < 1.29 is 9.94 Å². The first kappa shape index (κ1) is 11.2. The Labute approximate surface area is 88.5 Å². The van der Waals surface area contributed by atoms with Crippen molar-refractivity contribution in [1.82, 2.24) is 0 Å². The van der Waals surface area contributed by atoms with Crippen molar-refractivity contribution in [2.75, 3.05) is 19.0 Å². The van der Waals surface area contributed by atoms with Crippen LogP contribution in [0.25, 0.3) is 0 Å². The van der Waals surface area contributed by atoms with Gasteiger partial charge in [-0.1, -0.05) is 17.3 Å². The molecule has 0 aliphatic heterocycles. The molecule has 0 fully saturated rings. The van der Waals surface area contributed by atoms with E-state index in [0.29, 0.717) is 13.0 Å². The highest BCUT2D eigenvalue weighted by Crippen LogP contribution is 2.22. The number of benzene rings is 1. The fourth-order valence-corrected chi connectivity index (χ4v) is 1.17. The molecule has 82 valence electrons. The smallest absolute Gasteiger partial charge is 0.141 e. The van der Waals surface area contributed by atoms with Crippen LogP contribution in [0.4, 0.5) is 5.69 Å². The molecule has 0 saturated carbocycles. The number of nitrogens with two attached hydrogens (primary N) is 1. The number of nitrogens with zero attached hydrogens (tertiary/aromatic N) is 1. The summed E-state index contributed by atoms with van der Waals surface area (Å²) in [6, 6.07) is 7.58. The quantitative estimate of drug-likeness (QED) is 0.295. The summed E-state index contributed by atoms with van der Waals surface area (Å²) in [4.78, 5) is 0. The van der Waals surface area contributed by atoms with Gasteiger partial charge in [0.05, 0.1) is 12.8 Å². The Morgan fingerprint density at radius 3 is 2.93 bits per heavy atom. The summed E-state index contributed by atoms with van der Waals surface area (Å²) < 4.78 is 5.16. The first-order valence-corrected chi connectivity index (χ1v) is 4.61. The summed E-state index contributed by atoms with van der Waals surface area (Å²) in [5.41, 5.74) is 6.23. The van der Waals surface area contributed by atoms with Crippen molar-refractivity contribution in [3.63, 3.8) is 0 Å². The van der Waals surface area contributed by atoms with Gasteiger partial charge >= 0.3 is 0 Å². The minimum atomic E-state index is 0.206. The summed E-state index contributed by atoms with van der Waals surface area (Å²) in [5, 5.41) is 14.4. The highest BCUT2D eigenvalue weighted by molar-refractivity contribution is 5.80. The van der Waals surface area contributed by atoms with Crippen LogP contribution < -0.4 is 15.8 Å². The molecule has 0 bridgehead atoms. The van der Waals surface area contributed by atoms with Crippen molar-refractivity contribution >= 4 is 11.5 Å². The van der Waals surface area contributed by atoms with E-state index < -0.39 is 0 Å². The fourth-order valence-electron chi connectivity index (χ4n) is 1.17. The molecule has 5 nitrogen and oxygen atoms in total. The third-order valence-electron chi connectivity index (χ3n) is 1.93. The third-order valence-corrected chi connectivity index (χ3v) is 1.93. The van der Waals surface area contributed by atoms with E-state index in [0.717, 1.165) is 11.4 Å². The molecule has 0 unspecified atom stereocenters. The monoisotopic (exact) mass is 209 g/mol. The number of ether oxygens (including phenoxy) is 1. The van der Waals surface area contributed by atoms with Crippen LogP contribution in [-0.4, -0.2) is 24.7 Å². The lowest BCUT2D eigenvalue weighted by atomic mass is 10.3. The average molecular weight is 209 g/mol. The van der Waals surface area contributed by atoms with Crippen LogP contribution in [0.1, 0.15) is 6.42 Å². The molecule has 1 aromatic carbocycles. The molecule has 1 aromatic rings. The molecule has 0 aliphatic carbocycles. The highest BCUT2D eigenvalue weighted by atomic mass is 16.5. The van der Waals surface area contributed by atoms with E-state index in [9.17, 15) is 0 Å². The van der Waals surface area contributed by atoms with Gasteiger partial charge in [-0.05, 0) is 12.1 Å². The molecular formula is C10H15N3O2. The van der Waals surface area contributed by atoms with Crippen LogP contribution in [0.5, 0.6) is 5.75 Å². The van der Waals surface area contributed by atoms with Crippen LogP contribution in [-0.2, 0) is 0 Å². The number of amidine groups is 1. The lowest BCUT2D eigenvalue weighted by Gasteiger charge is -2.09. The summed E-state index contributed by atoms with van der Waals surface area (Å²) in [5.74, 6) is 0.981. The minimum absolute atomic E-state index is 0.206. The normalized spacial score (nSPS) is 11.1. The number of methoxy groups -OCH3 is 1. The summed E-state index contributed by atoms with van der Waals surface area (Å²) >= 11 is 0. The van der Waals surface area contributed by atoms with Crippen molar-refractivity contribution in [2.45, 2.75) is 6.42 Å². The van der Waals surface area contributed by atoms with E-state index in [-0.39, 0.29) is 5.84 Å². The standard InChI is InChI=1S/C10H15N3O2/c1-15-9-5-3-2-4-8(9)12-7-6-10(11)13-14/h2-5,12,14H,6-7H2,1H3,(H2,11,13). The predicted molar refractivity (Wildman–Crippen MR) is 59.5 cm³/mol. The SMILES string of the molecule is COc1ccccc1NCCC(N)=NO. The minimum Gasteiger partial charge on any atom is -0.495 e. The van der Waals surface area contributed by atoms with Crippen LogP contribution in [0.2, 0.25) is 0 Å². The molecular weight excluding hydrogens is 194 g/mol. The number of hydrogen-bond donors (Lipinski definition) is 3. The zero-order chi connectivity index (χ0) is 11.1. The second kappa shape index (κ2) is 5.74. The Kier molecular flexibility index (Phi) is 4.28. The maximum absolute atomic E-state index is 8.34. The number of para-hydroxylation sites is 2. The molecule has 0 spiro atoms. The maximum atomic E-state index is 8.34. The molecule has 15 heavy (non-hydrogen) atoms. The number of hydrogen-bond acceptors (Lipinski definition) is 4. The van der Waals surface area contributed by atoms with Crippen molar-refractivity contribution in [2.24, 2.45) is 10.9 Å². The Balaban J connectivity index is 2.50. The van der Waals surface area contributed by atoms with Gasteiger partial charge in [-0.2, -0.15) is 0 Å². The van der Waals surface area contributed by atoms with Crippen LogP contribution >= 0.6 is 0 Å². The Bertz CT molecular complexity index is 339. The first-order chi connectivity index (χ1) is 7.27. The maximum Gasteiger partial charge on any atom is 0.141 e. The second-order valence-electron chi connectivity index (χ2n) is 2.97. The lowest BCUT2D eigenvalue weighted by Crippen LogP contribution is -2.16. The van der Waals surface area contributed by atoms with E-state index in [1.165, 1.54) is 0 Å². The zero-order valence-corrected chi connectivity index (χ0v) is 8.60. The van der Waals surface area contributed by atoms with E-state index in [2.05, 4.69) is 10.5 Å². The molecule has 0 amide bonds. The van der Waals surface area contributed by atoms with E-state index in [1.54, 1.807) is 7.11 Å². The van der Waals surface area contributed by atoms with Crippen LogP contribution in [0.15, 0.2) is 29.4 Å². The first-order valence-electron chi connectivity index (χ1n) is 4.61. The van der Waals surface area contributed by atoms with E-state index in [1.807, 2.05) is 24.3 Å². The Morgan fingerprint density at radius 2 is 2.27 bits per heavy atom. The van der Waals surface area contributed by atoms with Gasteiger partial charge in [-0.3, -0.25) is 0 Å². The number of oxime groups is 1. The molecule has 0 heterocycles. The van der Waals surface area contributed by atoms with E-state index >= 15 is 0 Å². The third kappa shape index (κ3) is 3.38. The number of anilines is 1. The average Bonchev–Trinajstić information content (AvgIpc) is 2.29. The van der Waals surface area contributed by atoms with Crippen molar-refractivity contribution in [3.05, 3.63) is 24.3 Å². The Hall–Kier alpha value is -1.91. The summed E-state index contributed by atoms with van der Waals surface area (Å²) in [7, 11) is 1.62. The van der Waals surface area contributed by atoms with Gasteiger partial charge in [0, 0.05) is 13.0 Å². The number of nitrogens with one attached hydrogen (secondary N) is 1. The molecule has 0 atom stereocenters. The van der Waals surface area contributed by atoms with Gasteiger partial charge in [0.2, 0.25) is 0 Å². The van der Waals surface area contributed by atoms with Gasteiger partial charge < -0.3 is 21.0 Å². The highest BCUT2D eigenvalue weighted by Gasteiger charge is 2.00. The van der Waals surface area contributed by atoms with Crippen molar-refractivity contribution in [1.29, 1.82) is 0 Å². The van der Waals surface area contributed by atoms with Crippen LogP contribution in [0, 0.1) is 0 Å². The zero-order valence-electron chi connectivity index (χ0n) is 8.60. The second-order valence-corrected chi connectivity index (χ2v) is 2.97. The molecule has 0 radical (unpaired) electrons. The van der Waals surface area contributed by atoms with Gasteiger partial charge in [0.15, 0.2) is 0 Å². The Morgan fingerprint density at radius 1 is 1.53 bits per heavy atom. The topological polar surface area (TPSA) is 79.9 Å². The van der Waals surface area contributed by atoms with Gasteiger partial charge in [0.1, 0.15) is 11.6 Å². The van der Waals surface area contributed by atoms with Crippen LogP contribution in [0.3, 0.4) is 0 Å². The predicted octanol–water partition coefficient (Wildman–Crippen LogP) is 1.24. The molecule has 4 N–H and O–H groups in total. The molecule has 0 aromatic heterocycles. The van der Waals surface area contributed by atoms with Gasteiger partial charge in [0.25, 0.3) is 0 Å². The lowest BCUT2D eigenvalue weighted by molar-refractivity contribution is 0.317. The molecule has 5 heteroatoms. The van der Waals surface area contributed by atoms with E-state index in [4.69, 9.17) is 15.7 Å². The van der Waals surface area contributed by atoms with Gasteiger partial charge in [-0.15, -0.1) is 0 Å². The number of rotatable bonds is 5. The summed E-state index contributed by atoms with van der Waals surface area (Å²) in [6.45, 7) is 0.594. The molecule has 0 aliphatic rings. The van der Waals surface area contributed by atoms with Crippen molar-refractivity contribution in [3.8, 4) is 5.75 Å². The van der Waals surface area contributed by atoms with Gasteiger partial charge in [-0.25, -0.2) is 0 Å². The largest absolute Gasteiger partial charge is 0.495 e. The fraction of sp³-hybridized carbons (Fsp3) is 0.300. The summed E-state index contributed by atoms with van der Waals surface area (Å²) in [6.07, 6.45) is 0.481.